The largest absolute Gasteiger partial charge is 0.480 e. The number of carboxylic acid groups (broad SMARTS) is 1. The normalized spacial score (nSPS) is 11.8. The van der Waals surface area contributed by atoms with Crippen molar-refractivity contribution in [2.75, 3.05) is 12.8 Å². The molecule has 0 saturated heterocycles. The number of thioether (sulfide) groups is 1. The van der Waals surface area contributed by atoms with Crippen molar-refractivity contribution >= 4 is 23.6 Å². The van der Waals surface area contributed by atoms with E-state index in [9.17, 15) is 9.59 Å². The van der Waals surface area contributed by atoms with Crippen LogP contribution in [0, 0.1) is 0 Å². The maximum atomic E-state index is 10.9. The lowest BCUT2D eigenvalue weighted by Gasteiger charge is -2.08. The van der Waals surface area contributed by atoms with Gasteiger partial charge in [0, 0.05) is 19.2 Å². The lowest BCUT2D eigenvalue weighted by atomic mass is 10.3. The molecule has 5 heteroatoms. The molecule has 0 fully saturated rings. The minimum absolute atomic E-state index is 0.00431. The number of hydrogen-bond donors (Lipinski definition) is 2. The molecule has 74 valence electrons. The van der Waals surface area contributed by atoms with E-state index in [-0.39, 0.29) is 12.3 Å². The Bertz CT molecular complexity index is 206. The van der Waals surface area contributed by atoms with Gasteiger partial charge in [0.05, 0.1) is 0 Å². The molecule has 0 saturated carbocycles. The van der Waals surface area contributed by atoms with Crippen LogP contribution in [0.5, 0.6) is 0 Å². The van der Waals surface area contributed by atoms with Crippen LogP contribution in [0.25, 0.3) is 0 Å². The molecule has 1 unspecified atom stereocenters. The van der Waals surface area contributed by atoms with E-state index in [2.05, 4.69) is 11.9 Å². The Morgan fingerprint density at radius 1 is 1.69 bits per heavy atom. The molecule has 0 bridgehead atoms. The van der Waals surface area contributed by atoms with Crippen molar-refractivity contribution in [1.82, 2.24) is 5.32 Å². The van der Waals surface area contributed by atoms with Gasteiger partial charge in [0.15, 0.2) is 0 Å². The number of amides is 1. The molecule has 2 N–H and O–H groups in total. The zero-order valence-electron chi connectivity index (χ0n) is 7.45. The fourth-order valence-electron chi connectivity index (χ4n) is 0.672. The van der Waals surface area contributed by atoms with E-state index in [1.54, 1.807) is 6.08 Å². The Hall–Kier alpha value is -0.970. The number of nitrogens with one attached hydrogen (secondary N) is 1. The summed E-state index contributed by atoms with van der Waals surface area (Å²) in [6.07, 6.45) is 1.62. The van der Waals surface area contributed by atoms with Gasteiger partial charge in [-0.3, -0.25) is 9.59 Å². The second kappa shape index (κ2) is 6.54. The van der Waals surface area contributed by atoms with Crippen molar-refractivity contribution in [2.45, 2.75) is 11.7 Å². The van der Waals surface area contributed by atoms with Crippen LogP contribution in [0.15, 0.2) is 12.7 Å². The van der Waals surface area contributed by atoms with Crippen molar-refractivity contribution in [1.29, 1.82) is 0 Å². The average Bonchev–Trinajstić information content (AvgIpc) is 2.11. The van der Waals surface area contributed by atoms with E-state index in [1.165, 1.54) is 18.8 Å². The Kier molecular flexibility index (Phi) is 6.05. The number of carbonyl (C=O) groups excluding carboxylic acids is 1. The third-order valence-corrected chi connectivity index (χ3v) is 2.54. The summed E-state index contributed by atoms with van der Waals surface area (Å²) >= 11 is 1.19. The van der Waals surface area contributed by atoms with Crippen molar-refractivity contribution in [2.24, 2.45) is 0 Å². The second-order valence-corrected chi connectivity index (χ2v) is 3.56. The minimum atomic E-state index is -0.963. The zero-order valence-corrected chi connectivity index (χ0v) is 8.26. The molecule has 0 aliphatic carbocycles. The highest BCUT2D eigenvalue weighted by Crippen LogP contribution is 2.14. The highest BCUT2D eigenvalue weighted by atomic mass is 32.2. The topological polar surface area (TPSA) is 66.4 Å². The third kappa shape index (κ3) is 5.30. The van der Waals surface area contributed by atoms with Gasteiger partial charge < -0.3 is 10.4 Å². The van der Waals surface area contributed by atoms with Crippen LogP contribution in [0.1, 0.15) is 6.42 Å². The monoisotopic (exact) mass is 203 g/mol. The lowest BCUT2D eigenvalue weighted by molar-refractivity contribution is -0.138. The highest BCUT2D eigenvalue weighted by molar-refractivity contribution is 8.00. The molecule has 0 aromatic carbocycles. The molecule has 0 heterocycles. The molecule has 0 aromatic heterocycles. The van der Waals surface area contributed by atoms with Gasteiger partial charge in [0.25, 0.3) is 0 Å². The smallest absolute Gasteiger partial charge is 0.317 e. The van der Waals surface area contributed by atoms with Crippen LogP contribution >= 0.6 is 11.8 Å². The summed E-state index contributed by atoms with van der Waals surface area (Å²) in [7, 11) is 1.49. The summed E-state index contributed by atoms with van der Waals surface area (Å²) in [5.41, 5.74) is 0. The van der Waals surface area contributed by atoms with Crippen LogP contribution in [0.3, 0.4) is 0 Å². The Morgan fingerprint density at radius 3 is 2.69 bits per heavy atom. The molecular weight excluding hydrogens is 190 g/mol. The summed E-state index contributed by atoms with van der Waals surface area (Å²) in [5, 5.41) is 10.4. The summed E-state index contributed by atoms with van der Waals surface area (Å²) in [4.78, 5) is 21.5. The van der Waals surface area contributed by atoms with Gasteiger partial charge in [-0.2, -0.15) is 0 Å². The summed E-state index contributed by atoms with van der Waals surface area (Å²) in [6, 6.07) is 0. The van der Waals surface area contributed by atoms with Crippen LogP contribution in [0.2, 0.25) is 0 Å². The van der Waals surface area contributed by atoms with Crippen LogP contribution in [-0.2, 0) is 9.59 Å². The van der Waals surface area contributed by atoms with E-state index in [1.807, 2.05) is 0 Å². The van der Waals surface area contributed by atoms with Crippen LogP contribution < -0.4 is 5.32 Å². The molecule has 0 rings (SSSR count). The first-order valence-electron chi connectivity index (χ1n) is 3.77. The highest BCUT2D eigenvalue weighted by Gasteiger charge is 2.20. The molecule has 13 heavy (non-hydrogen) atoms. The summed E-state index contributed by atoms with van der Waals surface area (Å²) in [5.74, 6) is -0.687. The van der Waals surface area contributed by atoms with E-state index >= 15 is 0 Å². The first kappa shape index (κ1) is 12.0. The van der Waals surface area contributed by atoms with Crippen molar-refractivity contribution in [3.63, 3.8) is 0 Å². The van der Waals surface area contributed by atoms with Crippen LogP contribution in [0.4, 0.5) is 0 Å². The van der Waals surface area contributed by atoms with Gasteiger partial charge in [-0.05, 0) is 0 Å². The number of carboxylic acids is 1. The van der Waals surface area contributed by atoms with Gasteiger partial charge in [-0.15, -0.1) is 18.3 Å². The van der Waals surface area contributed by atoms with E-state index in [4.69, 9.17) is 5.11 Å². The molecule has 0 radical (unpaired) electrons. The number of hydrogen-bond acceptors (Lipinski definition) is 3. The SMILES string of the molecule is C=CCSC(CC(=O)NC)C(=O)O. The minimum Gasteiger partial charge on any atom is -0.480 e. The fourth-order valence-corrected chi connectivity index (χ4v) is 1.45. The third-order valence-electron chi connectivity index (χ3n) is 1.34. The molecule has 0 spiro atoms. The fraction of sp³-hybridized carbons (Fsp3) is 0.500. The van der Waals surface area contributed by atoms with Gasteiger partial charge in [-0.25, -0.2) is 0 Å². The first-order chi connectivity index (χ1) is 6.11. The average molecular weight is 203 g/mol. The van der Waals surface area contributed by atoms with E-state index in [0.717, 1.165) is 0 Å². The van der Waals surface area contributed by atoms with Crippen LogP contribution in [-0.4, -0.2) is 35.0 Å². The summed E-state index contributed by atoms with van der Waals surface area (Å²) in [6.45, 7) is 3.48. The molecule has 0 aromatic rings. The molecule has 0 aliphatic rings. The second-order valence-electron chi connectivity index (χ2n) is 2.33. The zero-order chi connectivity index (χ0) is 10.3. The predicted octanol–water partition coefficient (Wildman–Crippen LogP) is 0.495. The molecular formula is C8H13NO3S. The van der Waals surface area contributed by atoms with Gasteiger partial charge in [0.1, 0.15) is 5.25 Å². The molecule has 1 atom stereocenters. The predicted molar refractivity (Wildman–Crippen MR) is 52.8 cm³/mol. The van der Waals surface area contributed by atoms with Crippen molar-refractivity contribution in [3.05, 3.63) is 12.7 Å². The van der Waals surface area contributed by atoms with E-state index < -0.39 is 11.2 Å². The van der Waals surface area contributed by atoms with Gasteiger partial charge in [-0.1, -0.05) is 6.08 Å². The molecule has 4 nitrogen and oxygen atoms in total. The van der Waals surface area contributed by atoms with Crippen molar-refractivity contribution in [3.8, 4) is 0 Å². The Labute approximate surface area is 81.4 Å². The van der Waals surface area contributed by atoms with E-state index in [0.29, 0.717) is 5.75 Å². The first-order valence-corrected chi connectivity index (χ1v) is 4.82. The maximum absolute atomic E-state index is 10.9. The molecule has 1 amide bonds. The molecule has 0 aliphatic heterocycles. The Morgan fingerprint density at radius 2 is 2.31 bits per heavy atom. The lowest BCUT2D eigenvalue weighted by Crippen LogP contribution is -2.27. The van der Waals surface area contributed by atoms with Gasteiger partial charge in [0.2, 0.25) is 5.91 Å². The Balaban J connectivity index is 4.01. The standard InChI is InChI=1S/C8H13NO3S/c1-3-4-13-6(8(11)12)5-7(10)9-2/h3,6H,1,4-5H2,2H3,(H,9,10)(H,11,12). The number of rotatable bonds is 6. The number of aliphatic carboxylic acids is 1. The maximum Gasteiger partial charge on any atom is 0.317 e. The number of carbonyl (C=O) groups is 2. The van der Waals surface area contributed by atoms with Crippen molar-refractivity contribution < 1.29 is 14.7 Å². The quantitative estimate of drug-likeness (QED) is 0.617. The van der Waals surface area contributed by atoms with Gasteiger partial charge >= 0.3 is 5.97 Å². The summed E-state index contributed by atoms with van der Waals surface area (Å²) < 4.78 is 0.